The number of aromatic nitrogens is 3. The van der Waals surface area contributed by atoms with Crippen molar-refractivity contribution >= 4 is 44.3 Å². The molecule has 0 aliphatic rings. The Morgan fingerprint density at radius 2 is 2.00 bits per heavy atom. The largest absolute Gasteiger partial charge is 0.573 e. The number of rotatable bonds is 8. The number of halogens is 4. The number of anilines is 1. The molecule has 32 heavy (non-hydrogen) atoms. The Balaban J connectivity index is 1.88. The second-order valence-electron chi connectivity index (χ2n) is 6.53. The second kappa shape index (κ2) is 9.96. The smallest absolute Gasteiger partial charge is 0.403 e. The minimum absolute atomic E-state index is 0.00799. The third-order valence-corrected chi connectivity index (χ3v) is 4.52. The number of likely N-dealkylation sites (N-methyl/N-ethyl adjacent to an activating group) is 1. The van der Waals surface area contributed by atoms with Crippen LogP contribution in [-0.2, 0) is 11.3 Å². The van der Waals surface area contributed by atoms with Crippen LogP contribution in [0, 0.1) is 0 Å². The highest BCUT2D eigenvalue weighted by atomic mass is 79.9. The van der Waals surface area contributed by atoms with E-state index in [9.17, 15) is 22.8 Å². The first-order chi connectivity index (χ1) is 15.1. The number of amides is 2. The van der Waals surface area contributed by atoms with E-state index < -0.39 is 18.0 Å². The molecule has 1 aromatic carbocycles. The molecule has 0 radical (unpaired) electrons. The molecule has 0 saturated carbocycles. The van der Waals surface area contributed by atoms with Crippen LogP contribution >= 0.6 is 15.9 Å². The highest BCUT2D eigenvalue weighted by Crippen LogP contribution is 2.34. The fourth-order valence-corrected chi connectivity index (χ4v) is 3.09. The zero-order chi connectivity index (χ0) is 23.3. The van der Waals surface area contributed by atoms with Gasteiger partial charge in [-0.15, -0.1) is 13.2 Å². The van der Waals surface area contributed by atoms with Gasteiger partial charge in [0.2, 0.25) is 5.91 Å². The average Bonchev–Trinajstić information content (AvgIpc) is 3.08. The number of alkyl halides is 3. The quantitative estimate of drug-likeness (QED) is 0.315. The van der Waals surface area contributed by atoms with Gasteiger partial charge in [-0.25, -0.2) is 4.98 Å². The van der Waals surface area contributed by atoms with E-state index in [1.54, 1.807) is 19.2 Å². The number of carbonyl (C=O) groups is 2. The number of ether oxygens (including phenoxy) is 1. The molecule has 13 heteroatoms. The zero-order valence-corrected chi connectivity index (χ0v) is 18.2. The fraction of sp³-hybridized carbons (Fsp3) is 0.263. The Bertz CT molecular complexity index is 1140. The third kappa shape index (κ3) is 6.40. The number of hydrogen-bond acceptors (Lipinski definition) is 6. The summed E-state index contributed by atoms with van der Waals surface area (Å²) in [6.45, 7) is 0.873. The topological polar surface area (TPSA) is 110 Å². The van der Waals surface area contributed by atoms with Crippen LogP contribution in [0.4, 0.5) is 18.9 Å². The number of fused-ring (bicyclic) bond motifs is 1. The van der Waals surface area contributed by atoms with Crippen molar-refractivity contribution in [1.82, 2.24) is 25.4 Å². The molecule has 2 heterocycles. The van der Waals surface area contributed by atoms with Gasteiger partial charge in [-0.1, -0.05) is 6.07 Å². The lowest BCUT2D eigenvalue weighted by molar-refractivity contribution is -0.274. The minimum atomic E-state index is -4.99. The molecule has 3 rings (SSSR count). The SMILES string of the molecule is CNCCNC(=O)Cn1cc2cc(NC(=O)c3cccc(Br)n3)c(OC(F)(F)F)cc2n1. The lowest BCUT2D eigenvalue weighted by atomic mass is 10.2. The van der Waals surface area contributed by atoms with Crippen molar-refractivity contribution in [2.75, 3.05) is 25.5 Å². The van der Waals surface area contributed by atoms with Crippen LogP contribution in [0.15, 0.2) is 41.1 Å². The van der Waals surface area contributed by atoms with Gasteiger partial charge in [-0.3, -0.25) is 14.3 Å². The van der Waals surface area contributed by atoms with Crippen LogP contribution in [0.5, 0.6) is 5.75 Å². The van der Waals surface area contributed by atoms with Crippen molar-refractivity contribution in [3.05, 3.63) is 46.8 Å². The fourth-order valence-electron chi connectivity index (χ4n) is 2.74. The summed E-state index contributed by atoms with van der Waals surface area (Å²) in [6.07, 6.45) is -3.51. The Morgan fingerprint density at radius 1 is 1.22 bits per heavy atom. The van der Waals surface area contributed by atoms with Gasteiger partial charge in [-0.05, 0) is 41.2 Å². The Labute approximate surface area is 188 Å². The van der Waals surface area contributed by atoms with Gasteiger partial charge in [0.25, 0.3) is 5.91 Å². The first-order valence-electron chi connectivity index (χ1n) is 9.27. The van der Waals surface area contributed by atoms with Gasteiger partial charge >= 0.3 is 6.36 Å². The zero-order valence-electron chi connectivity index (χ0n) is 16.7. The lowest BCUT2D eigenvalue weighted by Gasteiger charge is -2.14. The molecule has 2 aromatic heterocycles. The maximum Gasteiger partial charge on any atom is 0.573 e. The number of benzene rings is 1. The van der Waals surface area contributed by atoms with E-state index in [0.29, 0.717) is 23.1 Å². The van der Waals surface area contributed by atoms with E-state index in [1.165, 1.54) is 23.0 Å². The van der Waals surface area contributed by atoms with Crippen molar-refractivity contribution in [2.45, 2.75) is 12.9 Å². The van der Waals surface area contributed by atoms with Crippen molar-refractivity contribution in [1.29, 1.82) is 0 Å². The molecule has 0 spiro atoms. The summed E-state index contributed by atoms with van der Waals surface area (Å²) in [4.78, 5) is 28.4. The predicted molar refractivity (Wildman–Crippen MR) is 113 cm³/mol. The van der Waals surface area contributed by atoms with Gasteiger partial charge in [-0.2, -0.15) is 5.10 Å². The van der Waals surface area contributed by atoms with E-state index >= 15 is 0 Å². The van der Waals surface area contributed by atoms with Gasteiger partial charge in [0.15, 0.2) is 5.75 Å². The third-order valence-electron chi connectivity index (χ3n) is 4.08. The van der Waals surface area contributed by atoms with Crippen molar-refractivity contribution in [3.8, 4) is 5.75 Å². The molecule has 0 aliphatic carbocycles. The summed E-state index contributed by atoms with van der Waals surface area (Å²) in [7, 11) is 1.75. The highest BCUT2D eigenvalue weighted by Gasteiger charge is 2.33. The maximum atomic E-state index is 12.9. The molecule has 0 aliphatic heterocycles. The van der Waals surface area contributed by atoms with Crippen LogP contribution < -0.4 is 20.7 Å². The molecule has 9 nitrogen and oxygen atoms in total. The lowest BCUT2D eigenvalue weighted by Crippen LogP contribution is -2.33. The molecule has 0 saturated heterocycles. The van der Waals surface area contributed by atoms with Gasteiger partial charge in [0, 0.05) is 30.7 Å². The van der Waals surface area contributed by atoms with E-state index in [0.717, 1.165) is 6.07 Å². The summed E-state index contributed by atoms with van der Waals surface area (Å²) in [5, 5.41) is 12.5. The predicted octanol–water partition coefficient (Wildman–Crippen LogP) is 2.68. The van der Waals surface area contributed by atoms with E-state index in [1.807, 2.05) is 0 Å². The first kappa shape index (κ1) is 23.5. The van der Waals surface area contributed by atoms with Crippen LogP contribution in [0.2, 0.25) is 0 Å². The molecule has 0 unspecified atom stereocenters. The molecule has 0 atom stereocenters. The number of pyridine rings is 1. The number of nitrogens with one attached hydrogen (secondary N) is 3. The standard InChI is InChI=1S/C19H18BrF3N6O3/c1-24-5-6-25-17(30)10-29-9-11-7-14(15(8-13(11)28-29)32-19(21,22)23)27-18(31)12-3-2-4-16(20)26-12/h2-4,7-9,24H,5-6,10H2,1H3,(H,25,30)(H,27,31). The molecule has 2 amide bonds. The Kier molecular flexibility index (Phi) is 7.30. The van der Waals surface area contributed by atoms with E-state index in [2.05, 4.69) is 46.7 Å². The van der Waals surface area contributed by atoms with Gasteiger partial charge < -0.3 is 20.7 Å². The van der Waals surface area contributed by atoms with Crippen molar-refractivity contribution < 1.29 is 27.5 Å². The molecular formula is C19H18BrF3N6O3. The Morgan fingerprint density at radius 3 is 2.69 bits per heavy atom. The molecule has 170 valence electrons. The molecule has 3 N–H and O–H groups in total. The van der Waals surface area contributed by atoms with Gasteiger partial charge in [0.1, 0.15) is 16.8 Å². The van der Waals surface area contributed by atoms with Crippen LogP contribution in [0.25, 0.3) is 10.9 Å². The van der Waals surface area contributed by atoms with Crippen LogP contribution in [-0.4, -0.2) is 53.1 Å². The average molecular weight is 515 g/mol. The first-order valence-corrected chi connectivity index (χ1v) is 10.1. The van der Waals surface area contributed by atoms with Crippen LogP contribution in [0.1, 0.15) is 10.5 Å². The normalized spacial score (nSPS) is 11.4. The maximum absolute atomic E-state index is 12.9. The van der Waals surface area contributed by atoms with E-state index in [-0.39, 0.29) is 29.3 Å². The molecule has 0 fully saturated rings. The highest BCUT2D eigenvalue weighted by molar-refractivity contribution is 9.10. The van der Waals surface area contributed by atoms with Crippen LogP contribution in [0.3, 0.4) is 0 Å². The summed E-state index contributed by atoms with van der Waals surface area (Å²) >= 11 is 3.13. The number of nitrogens with zero attached hydrogens (tertiary/aromatic N) is 3. The summed E-state index contributed by atoms with van der Waals surface area (Å²) in [6, 6.07) is 6.91. The summed E-state index contributed by atoms with van der Waals surface area (Å²) in [5.41, 5.74) is -0.0724. The Hall–Kier alpha value is -3.19. The summed E-state index contributed by atoms with van der Waals surface area (Å²) in [5.74, 6) is -1.68. The van der Waals surface area contributed by atoms with Crippen molar-refractivity contribution in [3.63, 3.8) is 0 Å². The second-order valence-corrected chi connectivity index (χ2v) is 7.35. The van der Waals surface area contributed by atoms with Gasteiger partial charge in [0.05, 0.1) is 11.2 Å². The van der Waals surface area contributed by atoms with Crippen molar-refractivity contribution in [2.24, 2.45) is 0 Å². The number of carbonyl (C=O) groups excluding carboxylic acids is 2. The minimum Gasteiger partial charge on any atom is -0.403 e. The molecule has 3 aromatic rings. The molecular weight excluding hydrogens is 497 g/mol. The monoisotopic (exact) mass is 514 g/mol. The molecule has 0 bridgehead atoms. The summed E-state index contributed by atoms with van der Waals surface area (Å²) < 4.78 is 44.5. The number of hydrogen-bond donors (Lipinski definition) is 3. The van der Waals surface area contributed by atoms with E-state index in [4.69, 9.17) is 0 Å².